The fraction of sp³-hybridized carbons (Fsp3) is 0.846. The lowest BCUT2D eigenvalue weighted by atomic mass is 10.3. The Kier molecular flexibility index (Phi) is 6.72. The van der Waals surface area contributed by atoms with Crippen molar-refractivity contribution < 1.29 is 14.3 Å². The zero-order chi connectivity index (χ0) is 13.4. The van der Waals surface area contributed by atoms with Gasteiger partial charge in [0, 0.05) is 20.1 Å². The van der Waals surface area contributed by atoms with Crippen LogP contribution in [0.3, 0.4) is 0 Å². The maximum absolute atomic E-state index is 11.5. The molecule has 1 saturated carbocycles. The second kappa shape index (κ2) is 8.08. The maximum atomic E-state index is 11.5. The first kappa shape index (κ1) is 15.0. The van der Waals surface area contributed by atoms with Crippen molar-refractivity contribution in [3.05, 3.63) is 0 Å². The zero-order valence-corrected chi connectivity index (χ0v) is 11.3. The molecule has 0 aromatic heterocycles. The first-order valence-corrected chi connectivity index (χ1v) is 6.76. The summed E-state index contributed by atoms with van der Waals surface area (Å²) in [4.78, 5) is 22.3. The molecule has 2 amide bonds. The molecule has 0 spiro atoms. The van der Waals surface area contributed by atoms with Crippen LogP contribution in [0.1, 0.15) is 46.0 Å². The van der Waals surface area contributed by atoms with E-state index in [2.05, 4.69) is 10.6 Å². The zero-order valence-electron chi connectivity index (χ0n) is 11.3. The van der Waals surface area contributed by atoms with E-state index in [4.69, 9.17) is 4.74 Å². The fourth-order valence-electron chi connectivity index (χ4n) is 2.11. The van der Waals surface area contributed by atoms with Crippen molar-refractivity contribution >= 4 is 11.8 Å². The van der Waals surface area contributed by atoms with E-state index in [1.165, 1.54) is 32.6 Å². The van der Waals surface area contributed by atoms with Crippen LogP contribution in [-0.2, 0) is 14.3 Å². The van der Waals surface area contributed by atoms with Gasteiger partial charge in [-0.05, 0) is 26.2 Å². The van der Waals surface area contributed by atoms with Crippen LogP contribution in [0, 0.1) is 0 Å². The van der Waals surface area contributed by atoms with E-state index in [1.807, 2.05) is 0 Å². The molecule has 0 bridgehead atoms. The Morgan fingerprint density at radius 2 is 2.00 bits per heavy atom. The molecule has 1 aliphatic carbocycles. The summed E-state index contributed by atoms with van der Waals surface area (Å²) in [7, 11) is 0. The van der Waals surface area contributed by atoms with E-state index in [-0.39, 0.29) is 11.8 Å². The fourth-order valence-corrected chi connectivity index (χ4v) is 2.11. The number of carbonyl (C=O) groups excluding carboxylic acids is 2. The van der Waals surface area contributed by atoms with Crippen molar-refractivity contribution in [3.63, 3.8) is 0 Å². The van der Waals surface area contributed by atoms with Crippen molar-refractivity contribution in [2.75, 3.05) is 13.2 Å². The lowest BCUT2D eigenvalue weighted by Gasteiger charge is -2.14. The number of amides is 2. The van der Waals surface area contributed by atoms with Gasteiger partial charge in [0.05, 0.1) is 6.10 Å². The van der Waals surface area contributed by atoms with Gasteiger partial charge >= 0.3 is 0 Å². The molecule has 1 fully saturated rings. The Balaban J connectivity index is 1.99. The van der Waals surface area contributed by atoms with Crippen LogP contribution in [0.15, 0.2) is 0 Å². The molecular formula is C13H24N2O3. The van der Waals surface area contributed by atoms with E-state index in [9.17, 15) is 9.59 Å². The molecule has 0 aromatic rings. The van der Waals surface area contributed by atoms with Gasteiger partial charge < -0.3 is 15.4 Å². The van der Waals surface area contributed by atoms with Gasteiger partial charge in [0.1, 0.15) is 6.04 Å². The number of ether oxygens (including phenoxy) is 1. The van der Waals surface area contributed by atoms with Crippen LogP contribution in [0.4, 0.5) is 0 Å². The third-order valence-corrected chi connectivity index (χ3v) is 3.09. The summed E-state index contributed by atoms with van der Waals surface area (Å²) in [6, 6.07) is -0.474. The molecule has 2 N–H and O–H groups in total. The Hall–Kier alpha value is -1.10. The van der Waals surface area contributed by atoms with Crippen molar-refractivity contribution in [1.82, 2.24) is 10.6 Å². The van der Waals surface area contributed by atoms with Crippen LogP contribution in [0.25, 0.3) is 0 Å². The van der Waals surface area contributed by atoms with Crippen molar-refractivity contribution in [1.29, 1.82) is 0 Å². The highest BCUT2D eigenvalue weighted by molar-refractivity contribution is 5.86. The Morgan fingerprint density at radius 1 is 1.33 bits per heavy atom. The quantitative estimate of drug-likeness (QED) is 0.667. The molecule has 104 valence electrons. The smallest absolute Gasteiger partial charge is 0.242 e. The summed E-state index contributed by atoms with van der Waals surface area (Å²) in [5.41, 5.74) is 0. The van der Waals surface area contributed by atoms with Crippen LogP contribution < -0.4 is 10.6 Å². The van der Waals surface area contributed by atoms with Gasteiger partial charge in [0.2, 0.25) is 11.8 Å². The van der Waals surface area contributed by atoms with Gasteiger partial charge in [-0.15, -0.1) is 0 Å². The number of rotatable bonds is 7. The molecule has 18 heavy (non-hydrogen) atoms. The highest BCUT2D eigenvalue weighted by atomic mass is 16.5. The number of nitrogens with one attached hydrogen (secondary N) is 2. The minimum absolute atomic E-state index is 0.147. The first-order chi connectivity index (χ1) is 8.59. The Morgan fingerprint density at radius 3 is 2.61 bits per heavy atom. The molecule has 0 aromatic carbocycles. The number of hydrogen-bond donors (Lipinski definition) is 2. The summed E-state index contributed by atoms with van der Waals surface area (Å²) in [6.07, 6.45) is 6.14. The van der Waals surface area contributed by atoms with E-state index in [1.54, 1.807) is 6.92 Å². The van der Waals surface area contributed by atoms with Crippen molar-refractivity contribution in [2.24, 2.45) is 0 Å². The van der Waals surface area contributed by atoms with Crippen LogP contribution in [-0.4, -0.2) is 37.1 Å². The predicted octanol–water partition coefficient (Wildman–Crippen LogP) is 0.976. The minimum atomic E-state index is -0.474. The second-order valence-corrected chi connectivity index (χ2v) is 4.84. The summed E-state index contributed by atoms with van der Waals surface area (Å²) in [6.45, 7) is 4.36. The van der Waals surface area contributed by atoms with Gasteiger partial charge in [0.15, 0.2) is 0 Å². The highest BCUT2D eigenvalue weighted by Gasteiger charge is 2.15. The summed E-state index contributed by atoms with van der Waals surface area (Å²) in [5, 5.41) is 5.33. The van der Waals surface area contributed by atoms with E-state index < -0.39 is 6.04 Å². The topological polar surface area (TPSA) is 67.4 Å². The molecule has 1 aliphatic rings. The molecule has 0 aliphatic heterocycles. The molecular weight excluding hydrogens is 232 g/mol. The standard InChI is InChI=1S/C13H24N2O3/c1-10(15-11(2)16)13(17)14-8-5-9-18-12-6-3-4-7-12/h10,12H,3-9H2,1-2H3,(H,14,17)(H,15,16)/t10-/m0/s1. The second-order valence-electron chi connectivity index (χ2n) is 4.84. The van der Waals surface area contributed by atoms with Gasteiger partial charge in [-0.2, -0.15) is 0 Å². The lowest BCUT2D eigenvalue weighted by Crippen LogP contribution is -2.44. The molecule has 0 saturated heterocycles. The maximum Gasteiger partial charge on any atom is 0.242 e. The first-order valence-electron chi connectivity index (χ1n) is 6.76. The van der Waals surface area contributed by atoms with Crippen molar-refractivity contribution in [3.8, 4) is 0 Å². The third kappa shape index (κ3) is 6.00. The predicted molar refractivity (Wildman–Crippen MR) is 69.1 cm³/mol. The molecule has 5 nitrogen and oxygen atoms in total. The lowest BCUT2D eigenvalue weighted by molar-refractivity contribution is -0.127. The largest absolute Gasteiger partial charge is 0.378 e. The van der Waals surface area contributed by atoms with Crippen LogP contribution in [0.2, 0.25) is 0 Å². The highest BCUT2D eigenvalue weighted by Crippen LogP contribution is 2.20. The molecule has 0 heterocycles. The van der Waals surface area contributed by atoms with E-state index >= 15 is 0 Å². The van der Waals surface area contributed by atoms with Crippen molar-refractivity contribution in [2.45, 2.75) is 58.1 Å². The summed E-state index contributed by atoms with van der Waals surface area (Å²) in [5.74, 6) is -0.340. The van der Waals surface area contributed by atoms with E-state index in [0.29, 0.717) is 19.3 Å². The normalized spacial score (nSPS) is 17.4. The molecule has 0 unspecified atom stereocenters. The monoisotopic (exact) mass is 256 g/mol. The number of carbonyl (C=O) groups is 2. The Bertz CT molecular complexity index is 275. The van der Waals surface area contributed by atoms with Crippen LogP contribution in [0.5, 0.6) is 0 Å². The molecule has 1 rings (SSSR count). The average Bonchev–Trinajstić information content (AvgIpc) is 2.80. The van der Waals surface area contributed by atoms with E-state index in [0.717, 1.165) is 6.42 Å². The average molecular weight is 256 g/mol. The number of hydrogen-bond acceptors (Lipinski definition) is 3. The summed E-state index contributed by atoms with van der Waals surface area (Å²) >= 11 is 0. The van der Waals surface area contributed by atoms with Gasteiger partial charge in [-0.1, -0.05) is 12.8 Å². The van der Waals surface area contributed by atoms with Gasteiger partial charge in [-0.3, -0.25) is 9.59 Å². The van der Waals surface area contributed by atoms with Gasteiger partial charge in [-0.25, -0.2) is 0 Å². The van der Waals surface area contributed by atoms with Crippen LogP contribution >= 0.6 is 0 Å². The molecule has 5 heteroatoms. The SMILES string of the molecule is CC(=O)N[C@@H](C)C(=O)NCCCOC1CCCC1. The summed E-state index contributed by atoms with van der Waals surface area (Å²) < 4.78 is 5.69. The minimum Gasteiger partial charge on any atom is -0.378 e. The molecule has 0 radical (unpaired) electrons. The third-order valence-electron chi connectivity index (χ3n) is 3.09. The van der Waals surface area contributed by atoms with Gasteiger partial charge in [0.25, 0.3) is 0 Å². The Labute approximate surface area is 109 Å². The molecule has 1 atom stereocenters.